The van der Waals surface area contributed by atoms with E-state index in [9.17, 15) is 4.79 Å². The molecule has 2 aromatic rings. The second-order valence-electron chi connectivity index (χ2n) is 7.70. The lowest BCUT2D eigenvalue weighted by Crippen LogP contribution is -2.47. The Hall–Kier alpha value is -2.09. The first-order valence-electron chi connectivity index (χ1n) is 10.1. The number of guanidine groups is 1. The minimum absolute atomic E-state index is 0. The zero-order valence-electron chi connectivity index (χ0n) is 16.9. The van der Waals surface area contributed by atoms with Crippen LogP contribution in [0.1, 0.15) is 30.4 Å². The first-order chi connectivity index (χ1) is 13.7. The average molecular weight is 504 g/mol. The van der Waals surface area contributed by atoms with Crippen molar-refractivity contribution in [1.82, 2.24) is 10.6 Å². The van der Waals surface area contributed by atoms with Crippen molar-refractivity contribution < 1.29 is 4.79 Å². The molecular weight excluding hydrogens is 475 g/mol. The summed E-state index contributed by atoms with van der Waals surface area (Å²) in [7, 11) is 1.75. The van der Waals surface area contributed by atoms with E-state index in [1.807, 2.05) is 23.1 Å². The van der Waals surface area contributed by atoms with Crippen LogP contribution in [0.15, 0.2) is 59.6 Å². The molecule has 0 spiro atoms. The van der Waals surface area contributed by atoms with Crippen molar-refractivity contribution in [2.24, 2.45) is 4.99 Å². The molecule has 4 rings (SSSR count). The number of benzene rings is 2. The van der Waals surface area contributed by atoms with Gasteiger partial charge >= 0.3 is 0 Å². The number of rotatable bonds is 5. The number of para-hydroxylation sites is 1. The third-order valence-electron chi connectivity index (χ3n) is 5.88. The van der Waals surface area contributed by atoms with Crippen molar-refractivity contribution >= 4 is 41.5 Å². The summed E-state index contributed by atoms with van der Waals surface area (Å²) in [5.74, 6) is 0.764. The summed E-state index contributed by atoms with van der Waals surface area (Å²) in [6.07, 6.45) is 4.42. The molecule has 1 saturated carbocycles. The lowest BCUT2D eigenvalue weighted by molar-refractivity contribution is -0.117. The number of nitrogens with zero attached hydrogens (tertiary/aromatic N) is 2. The molecule has 1 aliphatic heterocycles. The molecule has 29 heavy (non-hydrogen) atoms. The van der Waals surface area contributed by atoms with Gasteiger partial charge in [0, 0.05) is 31.2 Å². The molecule has 0 bridgehead atoms. The third kappa shape index (κ3) is 4.91. The molecule has 0 radical (unpaired) electrons. The average Bonchev–Trinajstić information content (AvgIpc) is 3.55. The summed E-state index contributed by atoms with van der Waals surface area (Å²) in [5.41, 5.74) is 3.88. The van der Waals surface area contributed by atoms with Gasteiger partial charge in [0.15, 0.2) is 5.96 Å². The SMILES string of the molecule is CN=C(NCC(=O)N1CCCc2ccccc21)NCC1(c2ccccc2)CC1.I. The molecule has 0 saturated heterocycles. The van der Waals surface area contributed by atoms with Crippen molar-refractivity contribution in [3.8, 4) is 0 Å². The van der Waals surface area contributed by atoms with Crippen LogP contribution >= 0.6 is 24.0 Å². The van der Waals surface area contributed by atoms with Gasteiger partial charge < -0.3 is 15.5 Å². The van der Waals surface area contributed by atoms with Gasteiger partial charge in [-0.25, -0.2) is 0 Å². The molecule has 1 aliphatic carbocycles. The molecule has 2 aliphatic rings. The normalized spacial score (nSPS) is 17.0. The van der Waals surface area contributed by atoms with E-state index in [1.54, 1.807) is 7.05 Å². The Bertz CT molecular complexity index is 864. The highest BCUT2D eigenvalue weighted by Gasteiger charge is 2.44. The summed E-state index contributed by atoms with van der Waals surface area (Å²) < 4.78 is 0. The number of carbonyl (C=O) groups excluding carboxylic acids is 1. The minimum atomic E-state index is 0. The number of aliphatic imine (C=N–C) groups is 1. The van der Waals surface area contributed by atoms with Crippen LogP contribution in [-0.4, -0.2) is 38.5 Å². The first kappa shape index (κ1) is 21.6. The summed E-state index contributed by atoms with van der Waals surface area (Å²) in [5, 5.41) is 6.61. The largest absolute Gasteiger partial charge is 0.356 e. The van der Waals surface area contributed by atoms with E-state index in [4.69, 9.17) is 0 Å². The maximum atomic E-state index is 12.8. The monoisotopic (exact) mass is 504 g/mol. The lowest BCUT2D eigenvalue weighted by atomic mass is 9.96. The molecule has 0 unspecified atom stereocenters. The van der Waals surface area contributed by atoms with Crippen LogP contribution < -0.4 is 15.5 Å². The van der Waals surface area contributed by atoms with Crippen LogP contribution in [0.5, 0.6) is 0 Å². The second kappa shape index (κ2) is 9.61. The second-order valence-corrected chi connectivity index (χ2v) is 7.70. The number of carbonyl (C=O) groups is 1. The molecule has 1 amide bonds. The molecule has 1 heterocycles. The van der Waals surface area contributed by atoms with E-state index < -0.39 is 0 Å². The van der Waals surface area contributed by atoms with Gasteiger partial charge in [-0.15, -0.1) is 24.0 Å². The predicted octanol–water partition coefficient (Wildman–Crippen LogP) is 3.48. The minimum Gasteiger partial charge on any atom is -0.356 e. The number of aryl methyl sites for hydroxylation is 1. The summed E-state index contributed by atoms with van der Waals surface area (Å²) in [6.45, 7) is 1.85. The molecular formula is C23H29IN4O. The highest BCUT2D eigenvalue weighted by molar-refractivity contribution is 14.0. The Kier molecular flexibility index (Phi) is 7.16. The molecule has 0 atom stereocenters. The van der Waals surface area contributed by atoms with Gasteiger partial charge in [-0.3, -0.25) is 9.79 Å². The van der Waals surface area contributed by atoms with E-state index in [0.717, 1.165) is 31.6 Å². The molecule has 6 heteroatoms. The lowest BCUT2D eigenvalue weighted by Gasteiger charge is -2.29. The number of hydrogen-bond acceptors (Lipinski definition) is 2. The van der Waals surface area contributed by atoms with E-state index in [-0.39, 0.29) is 41.8 Å². The van der Waals surface area contributed by atoms with Gasteiger partial charge in [-0.1, -0.05) is 48.5 Å². The van der Waals surface area contributed by atoms with Crippen LogP contribution in [0, 0.1) is 0 Å². The van der Waals surface area contributed by atoms with Crippen molar-refractivity contribution in [2.75, 3.05) is 31.6 Å². The van der Waals surface area contributed by atoms with Crippen LogP contribution in [0.3, 0.4) is 0 Å². The highest BCUT2D eigenvalue weighted by atomic mass is 127. The fourth-order valence-corrected chi connectivity index (χ4v) is 4.03. The number of halogens is 1. The van der Waals surface area contributed by atoms with Crippen LogP contribution in [-0.2, 0) is 16.6 Å². The quantitative estimate of drug-likeness (QED) is 0.373. The number of fused-ring (bicyclic) bond motifs is 1. The van der Waals surface area contributed by atoms with E-state index in [2.05, 4.69) is 52.0 Å². The van der Waals surface area contributed by atoms with Gasteiger partial charge in [0.2, 0.25) is 5.91 Å². The van der Waals surface area contributed by atoms with Crippen LogP contribution in [0.4, 0.5) is 5.69 Å². The fourth-order valence-electron chi connectivity index (χ4n) is 4.03. The Balaban J connectivity index is 0.00000240. The van der Waals surface area contributed by atoms with Crippen LogP contribution in [0.25, 0.3) is 0 Å². The highest BCUT2D eigenvalue weighted by Crippen LogP contribution is 2.47. The zero-order chi connectivity index (χ0) is 19.4. The van der Waals surface area contributed by atoms with E-state index >= 15 is 0 Å². The zero-order valence-corrected chi connectivity index (χ0v) is 19.2. The maximum absolute atomic E-state index is 12.8. The van der Waals surface area contributed by atoms with Gasteiger partial charge in [0.25, 0.3) is 0 Å². The predicted molar refractivity (Wildman–Crippen MR) is 129 cm³/mol. The van der Waals surface area contributed by atoms with Crippen molar-refractivity contribution in [3.63, 3.8) is 0 Å². The maximum Gasteiger partial charge on any atom is 0.246 e. The third-order valence-corrected chi connectivity index (χ3v) is 5.88. The van der Waals surface area contributed by atoms with Crippen LogP contribution in [0.2, 0.25) is 0 Å². The smallest absolute Gasteiger partial charge is 0.246 e. The first-order valence-corrected chi connectivity index (χ1v) is 10.1. The molecule has 154 valence electrons. The molecule has 5 nitrogen and oxygen atoms in total. The Labute approximate surface area is 190 Å². The van der Waals surface area contributed by atoms with Crippen molar-refractivity contribution in [2.45, 2.75) is 31.1 Å². The molecule has 2 aromatic carbocycles. The van der Waals surface area contributed by atoms with E-state index in [0.29, 0.717) is 5.96 Å². The molecule has 2 N–H and O–H groups in total. The molecule has 0 aromatic heterocycles. The van der Waals surface area contributed by atoms with Gasteiger partial charge in [-0.2, -0.15) is 0 Å². The number of amides is 1. The van der Waals surface area contributed by atoms with Gasteiger partial charge in [0.05, 0.1) is 6.54 Å². The summed E-state index contributed by atoms with van der Waals surface area (Å²) in [6, 6.07) is 18.8. The van der Waals surface area contributed by atoms with Gasteiger partial charge in [0.1, 0.15) is 0 Å². The summed E-state index contributed by atoms with van der Waals surface area (Å²) >= 11 is 0. The Morgan fingerprint density at radius 2 is 1.79 bits per heavy atom. The Morgan fingerprint density at radius 3 is 2.52 bits per heavy atom. The van der Waals surface area contributed by atoms with Crippen molar-refractivity contribution in [1.29, 1.82) is 0 Å². The number of nitrogens with one attached hydrogen (secondary N) is 2. The van der Waals surface area contributed by atoms with Crippen molar-refractivity contribution in [3.05, 3.63) is 65.7 Å². The standard InChI is InChI=1S/C23H28N4O.HI/c1-24-22(26-17-23(13-14-23)19-10-3-2-4-11-19)25-16-21(28)27-15-7-9-18-8-5-6-12-20(18)27;/h2-6,8,10-12H,7,9,13-17H2,1H3,(H2,24,25,26);1H. The number of anilines is 1. The fraction of sp³-hybridized carbons (Fsp3) is 0.391. The Morgan fingerprint density at radius 1 is 1.07 bits per heavy atom. The van der Waals surface area contributed by atoms with Gasteiger partial charge in [-0.05, 0) is 42.9 Å². The van der Waals surface area contributed by atoms with E-state index in [1.165, 1.54) is 24.0 Å². The molecule has 1 fully saturated rings. The summed E-state index contributed by atoms with van der Waals surface area (Å²) in [4.78, 5) is 19.0. The topological polar surface area (TPSA) is 56.7 Å². The number of hydrogen-bond donors (Lipinski definition) is 2.